The van der Waals surface area contributed by atoms with E-state index in [-0.39, 0.29) is 5.75 Å². The first-order valence-corrected chi connectivity index (χ1v) is 7.10. The standard InChI is InChI=1S/C14H17BrN4O2/c1-19(2)13-4-5-16-14(18-13)17-8-9-6-12(21-3)11(20)7-10(9)15/h4-7,20H,8H2,1-3H3,(H,16,17,18). The fourth-order valence-electron chi connectivity index (χ4n) is 1.74. The number of benzene rings is 1. The number of halogens is 1. The second kappa shape index (κ2) is 6.62. The maximum atomic E-state index is 9.69. The van der Waals surface area contributed by atoms with E-state index in [1.165, 1.54) is 7.11 Å². The normalized spacial score (nSPS) is 10.3. The van der Waals surface area contributed by atoms with Crippen molar-refractivity contribution in [3.8, 4) is 11.5 Å². The summed E-state index contributed by atoms with van der Waals surface area (Å²) in [5, 5.41) is 12.8. The number of hydrogen-bond donors (Lipinski definition) is 2. The molecule has 6 nitrogen and oxygen atoms in total. The zero-order chi connectivity index (χ0) is 15.4. The van der Waals surface area contributed by atoms with E-state index >= 15 is 0 Å². The van der Waals surface area contributed by atoms with Gasteiger partial charge in [0, 0.05) is 31.3 Å². The summed E-state index contributed by atoms with van der Waals surface area (Å²) in [5.74, 6) is 1.90. The van der Waals surface area contributed by atoms with Crippen LogP contribution in [-0.4, -0.2) is 36.3 Å². The lowest BCUT2D eigenvalue weighted by atomic mass is 10.2. The minimum absolute atomic E-state index is 0.0963. The van der Waals surface area contributed by atoms with Crippen LogP contribution in [-0.2, 0) is 6.54 Å². The van der Waals surface area contributed by atoms with Crippen molar-refractivity contribution in [3.05, 3.63) is 34.4 Å². The smallest absolute Gasteiger partial charge is 0.224 e. The molecule has 1 aromatic carbocycles. The maximum absolute atomic E-state index is 9.69. The van der Waals surface area contributed by atoms with Crippen molar-refractivity contribution >= 4 is 27.7 Å². The molecular formula is C14H17BrN4O2. The van der Waals surface area contributed by atoms with Crippen LogP contribution in [0.1, 0.15) is 5.56 Å². The van der Waals surface area contributed by atoms with Gasteiger partial charge in [-0.1, -0.05) is 15.9 Å². The number of methoxy groups -OCH3 is 1. The van der Waals surface area contributed by atoms with Gasteiger partial charge in [0.1, 0.15) is 5.82 Å². The Morgan fingerprint density at radius 1 is 1.38 bits per heavy atom. The summed E-state index contributed by atoms with van der Waals surface area (Å²) >= 11 is 3.42. The van der Waals surface area contributed by atoms with Crippen LogP contribution < -0.4 is 15.0 Å². The lowest BCUT2D eigenvalue weighted by Gasteiger charge is -2.13. The van der Waals surface area contributed by atoms with Gasteiger partial charge < -0.3 is 20.1 Å². The predicted molar refractivity (Wildman–Crippen MR) is 86.0 cm³/mol. The second-order valence-electron chi connectivity index (χ2n) is 4.60. The summed E-state index contributed by atoms with van der Waals surface area (Å²) in [6.07, 6.45) is 1.71. The highest BCUT2D eigenvalue weighted by Crippen LogP contribution is 2.32. The molecule has 0 amide bonds. The Bertz CT molecular complexity index is 634. The van der Waals surface area contributed by atoms with Crippen LogP contribution in [0, 0.1) is 0 Å². The molecule has 0 spiro atoms. The molecule has 0 unspecified atom stereocenters. The van der Waals surface area contributed by atoms with Gasteiger partial charge in [-0.25, -0.2) is 4.98 Å². The molecule has 2 N–H and O–H groups in total. The Morgan fingerprint density at radius 2 is 2.14 bits per heavy atom. The number of nitrogens with zero attached hydrogens (tertiary/aromatic N) is 3. The molecular weight excluding hydrogens is 336 g/mol. The molecule has 0 atom stereocenters. The van der Waals surface area contributed by atoms with Crippen molar-refractivity contribution in [1.29, 1.82) is 0 Å². The van der Waals surface area contributed by atoms with Gasteiger partial charge in [0.25, 0.3) is 0 Å². The number of ether oxygens (including phenoxy) is 1. The van der Waals surface area contributed by atoms with Crippen LogP contribution >= 0.6 is 15.9 Å². The largest absolute Gasteiger partial charge is 0.504 e. The molecule has 1 heterocycles. The monoisotopic (exact) mass is 352 g/mol. The molecule has 0 bridgehead atoms. The second-order valence-corrected chi connectivity index (χ2v) is 5.46. The Hall–Kier alpha value is -2.02. The summed E-state index contributed by atoms with van der Waals surface area (Å²) in [6.45, 7) is 0.508. The summed E-state index contributed by atoms with van der Waals surface area (Å²) < 4.78 is 5.90. The molecule has 0 aliphatic carbocycles. The molecule has 112 valence electrons. The average molecular weight is 353 g/mol. The summed E-state index contributed by atoms with van der Waals surface area (Å²) in [4.78, 5) is 10.5. The molecule has 0 saturated heterocycles. The quantitative estimate of drug-likeness (QED) is 0.861. The Morgan fingerprint density at radius 3 is 2.81 bits per heavy atom. The zero-order valence-corrected chi connectivity index (χ0v) is 13.7. The molecule has 1 aromatic heterocycles. The third-order valence-electron chi connectivity index (χ3n) is 2.88. The van der Waals surface area contributed by atoms with E-state index in [0.29, 0.717) is 18.2 Å². The Kier molecular flexibility index (Phi) is 4.85. The first kappa shape index (κ1) is 15.4. The van der Waals surface area contributed by atoms with Crippen molar-refractivity contribution in [3.63, 3.8) is 0 Å². The van der Waals surface area contributed by atoms with E-state index in [9.17, 15) is 5.11 Å². The summed E-state index contributed by atoms with van der Waals surface area (Å²) in [7, 11) is 5.37. The number of nitrogens with one attached hydrogen (secondary N) is 1. The van der Waals surface area contributed by atoms with E-state index in [2.05, 4.69) is 31.2 Å². The number of phenols is 1. The molecule has 0 aliphatic heterocycles. The van der Waals surface area contributed by atoms with Crippen LogP contribution in [0.25, 0.3) is 0 Å². The highest BCUT2D eigenvalue weighted by atomic mass is 79.9. The highest BCUT2D eigenvalue weighted by molar-refractivity contribution is 9.10. The molecule has 0 radical (unpaired) electrons. The first-order valence-electron chi connectivity index (χ1n) is 6.31. The van der Waals surface area contributed by atoms with Crippen molar-refractivity contribution < 1.29 is 9.84 Å². The van der Waals surface area contributed by atoms with Crippen molar-refractivity contribution in [2.24, 2.45) is 0 Å². The van der Waals surface area contributed by atoms with Gasteiger partial charge in [0.2, 0.25) is 5.95 Å². The van der Waals surface area contributed by atoms with E-state index in [1.807, 2.05) is 25.1 Å². The SMILES string of the molecule is COc1cc(CNc2nccc(N(C)C)n2)c(Br)cc1O. The van der Waals surface area contributed by atoms with E-state index in [0.717, 1.165) is 15.9 Å². The fourth-order valence-corrected chi connectivity index (χ4v) is 2.21. The van der Waals surface area contributed by atoms with Gasteiger partial charge in [-0.3, -0.25) is 0 Å². The molecule has 0 aliphatic rings. The van der Waals surface area contributed by atoms with Crippen LogP contribution in [0.3, 0.4) is 0 Å². The molecule has 0 saturated carbocycles. The lowest BCUT2D eigenvalue weighted by Crippen LogP contribution is -2.12. The van der Waals surface area contributed by atoms with Gasteiger partial charge in [-0.05, 0) is 23.8 Å². The predicted octanol–water partition coefficient (Wildman–Crippen LogP) is 2.63. The summed E-state index contributed by atoms with van der Waals surface area (Å²) in [5.41, 5.74) is 0.934. The van der Waals surface area contributed by atoms with E-state index < -0.39 is 0 Å². The van der Waals surface area contributed by atoms with Crippen LogP contribution in [0.15, 0.2) is 28.9 Å². The van der Waals surface area contributed by atoms with Crippen LogP contribution in [0.2, 0.25) is 0 Å². The first-order chi connectivity index (χ1) is 10.0. The fraction of sp³-hybridized carbons (Fsp3) is 0.286. The molecule has 21 heavy (non-hydrogen) atoms. The van der Waals surface area contributed by atoms with Gasteiger partial charge in [0.15, 0.2) is 11.5 Å². The highest BCUT2D eigenvalue weighted by Gasteiger charge is 2.09. The third kappa shape index (κ3) is 3.75. The van der Waals surface area contributed by atoms with Gasteiger partial charge in [-0.15, -0.1) is 0 Å². The summed E-state index contributed by atoms with van der Waals surface area (Å²) in [6, 6.07) is 5.21. The lowest BCUT2D eigenvalue weighted by molar-refractivity contribution is 0.372. The van der Waals surface area contributed by atoms with Crippen molar-refractivity contribution in [1.82, 2.24) is 9.97 Å². The van der Waals surface area contributed by atoms with Gasteiger partial charge in [0.05, 0.1) is 7.11 Å². The number of hydrogen-bond acceptors (Lipinski definition) is 6. The van der Waals surface area contributed by atoms with Crippen LogP contribution in [0.5, 0.6) is 11.5 Å². The molecule has 2 rings (SSSR count). The maximum Gasteiger partial charge on any atom is 0.224 e. The van der Waals surface area contributed by atoms with Gasteiger partial charge in [-0.2, -0.15) is 4.98 Å². The number of aromatic nitrogens is 2. The van der Waals surface area contributed by atoms with Crippen LogP contribution in [0.4, 0.5) is 11.8 Å². The van der Waals surface area contributed by atoms with Gasteiger partial charge >= 0.3 is 0 Å². The Labute approximate surface area is 131 Å². The third-order valence-corrected chi connectivity index (χ3v) is 3.62. The zero-order valence-electron chi connectivity index (χ0n) is 12.1. The van der Waals surface area contributed by atoms with Crippen molar-refractivity contribution in [2.45, 2.75) is 6.54 Å². The number of phenolic OH excluding ortho intramolecular Hbond substituents is 1. The van der Waals surface area contributed by atoms with Crippen molar-refractivity contribution in [2.75, 3.05) is 31.4 Å². The molecule has 2 aromatic rings. The molecule has 0 fully saturated rings. The van der Waals surface area contributed by atoms with E-state index in [4.69, 9.17) is 4.74 Å². The number of aromatic hydroxyl groups is 1. The minimum Gasteiger partial charge on any atom is -0.504 e. The number of anilines is 2. The Balaban J connectivity index is 2.14. The van der Waals surface area contributed by atoms with E-state index in [1.54, 1.807) is 18.3 Å². The number of rotatable bonds is 5. The average Bonchev–Trinajstić information content (AvgIpc) is 2.46. The molecule has 7 heteroatoms. The minimum atomic E-state index is 0.0963. The topological polar surface area (TPSA) is 70.5 Å².